The number of hydrogen-bond donors (Lipinski definition) is 1. The number of hydrogen-bond acceptors (Lipinski definition) is 4. The van der Waals surface area contributed by atoms with Gasteiger partial charge in [0.15, 0.2) is 0 Å². The lowest BCUT2D eigenvalue weighted by Crippen LogP contribution is -1.91. The SMILES string of the molecule is O=[N+]([O-])c1ccc(CSCCCO)c(Cl)c1. The number of nitrogens with zero attached hydrogens (tertiary/aromatic N) is 1. The maximum absolute atomic E-state index is 10.5. The molecule has 1 aromatic rings. The third-order valence-electron chi connectivity index (χ3n) is 1.95. The van der Waals surface area contributed by atoms with Crippen LogP contribution in [0.4, 0.5) is 5.69 Å². The lowest BCUT2D eigenvalue weighted by atomic mass is 10.2. The van der Waals surface area contributed by atoms with Crippen molar-refractivity contribution in [3.05, 3.63) is 38.9 Å². The summed E-state index contributed by atoms with van der Waals surface area (Å²) in [5.74, 6) is 1.56. The number of non-ortho nitro benzene ring substituents is 1. The molecule has 1 N–H and O–H groups in total. The van der Waals surface area contributed by atoms with Crippen molar-refractivity contribution < 1.29 is 10.0 Å². The van der Waals surface area contributed by atoms with E-state index in [0.717, 1.165) is 17.7 Å². The van der Waals surface area contributed by atoms with E-state index in [-0.39, 0.29) is 12.3 Å². The van der Waals surface area contributed by atoms with Crippen LogP contribution in [0.25, 0.3) is 0 Å². The van der Waals surface area contributed by atoms with Crippen LogP contribution >= 0.6 is 23.4 Å². The molecule has 1 rings (SSSR count). The Kier molecular flexibility index (Phi) is 5.59. The summed E-state index contributed by atoms with van der Waals surface area (Å²) in [5, 5.41) is 19.5. The molecule has 0 atom stereocenters. The third-order valence-corrected chi connectivity index (χ3v) is 3.40. The van der Waals surface area contributed by atoms with Crippen LogP contribution in [0.15, 0.2) is 18.2 Å². The largest absolute Gasteiger partial charge is 0.396 e. The fraction of sp³-hybridized carbons (Fsp3) is 0.400. The van der Waals surface area contributed by atoms with Crippen molar-refractivity contribution in [2.45, 2.75) is 12.2 Å². The van der Waals surface area contributed by atoms with E-state index < -0.39 is 4.92 Å². The van der Waals surface area contributed by atoms with Gasteiger partial charge < -0.3 is 5.11 Å². The summed E-state index contributed by atoms with van der Waals surface area (Å²) < 4.78 is 0. The highest BCUT2D eigenvalue weighted by molar-refractivity contribution is 7.98. The van der Waals surface area contributed by atoms with Crippen LogP contribution in [-0.2, 0) is 5.75 Å². The van der Waals surface area contributed by atoms with Crippen LogP contribution in [0.3, 0.4) is 0 Å². The summed E-state index contributed by atoms with van der Waals surface area (Å²) in [6.45, 7) is 0.182. The zero-order valence-electron chi connectivity index (χ0n) is 8.56. The van der Waals surface area contributed by atoms with E-state index in [1.165, 1.54) is 12.1 Å². The normalized spacial score (nSPS) is 10.4. The van der Waals surface area contributed by atoms with Crippen molar-refractivity contribution in [3.63, 3.8) is 0 Å². The Morgan fingerprint density at radius 3 is 2.81 bits per heavy atom. The maximum Gasteiger partial charge on any atom is 0.270 e. The van der Waals surface area contributed by atoms with Gasteiger partial charge in [0, 0.05) is 24.5 Å². The average molecular weight is 262 g/mol. The van der Waals surface area contributed by atoms with Crippen LogP contribution in [0, 0.1) is 10.1 Å². The Balaban J connectivity index is 2.57. The van der Waals surface area contributed by atoms with Gasteiger partial charge in [-0.05, 0) is 23.8 Å². The number of nitro benzene ring substituents is 1. The van der Waals surface area contributed by atoms with Gasteiger partial charge in [0.05, 0.1) is 9.95 Å². The van der Waals surface area contributed by atoms with Crippen molar-refractivity contribution in [1.82, 2.24) is 0 Å². The van der Waals surface area contributed by atoms with Gasteiger partial charge in [0.2, 0.25) is 0 Å². The molecule has 0 amide bonds. The van der Waals surface area contributed by atoms with Gasteiger partial charge >= 0.3 is 0 Å². The fourth-order valence-corrected chi connectivity index (χ4v) is 2.39. The minimum atomic E-state index is -0.464. The molecule has 0 heterocycles. The second kappa shape index (κ2) is 6.73. The molecule has 0 aliphatic carbocycles. The summed E-state index contributed by atoms with van der Waals surface area (Å²) in [4.78, 5) is 10.0. The first-order valence-corrected chi connectivity index (χ1v) is 6.30. The smallest absolute Gasteiger partial charge is 0.270 e. The Morgan fingerprint density at radius 1 is 1.50 bits per heavy atom. The molecule has 0 saturated carbocycles. The predicted octanol–water partition coefficient (Wildman–Crippen LogP) is 2.86. The van der Waals surface area contributed by atoms with Gasteiger partial charge in [-0.3, -0.25) is 10.1 Å². The van der Waals surface area contributed by atoms with E-state index in [4.69, 9.17) is 16.7 Å². The number of aliphatic hydroxyl groups is 1. The quantitative estimate of drug-likeness (QED) is 0.486. The van der Waals surface area contributed by atoms with Gasteiger partial charge in [-0.1, -0.05) is 11.6 Å². The number of benzene rings is 1. The lowest BCUT2D eigenvalue weighted by Gasteiger charge is -2.03. The highest BCUT2D eigenvalue weighted by Gasteiger charge is 2.08. The van der Waals surface area contributed by atoms with E-state index in [1.54, 1.807) is 17.8 Å². The zero-order chi connectivity index (χ0) is 12.0. The highest BCUT2D eigenvalue weighted by Crippen LogP contribution is 2.25. The Bertz CT molecular complexity index is 373. The van der Waals surface area contributed by atoms with Crippen molar-refractivity contribution in [2.24, 2.45) is 0 Å². The fourth-order valence-electron chi connectivity index (χ4n) is 1.12. The summed E-state index contributed by atoms with van der Waals surface area (Å²) in [7, 11) is 0. The topological polar surface area (TPSA) is 63.4 Å². The van der Waals surface area contributed by atoms with Crippen LogP contribution in [0.1, 0.15) is 12.0 Å². The molecule has 0 fully saturated rings. The Labute approximate surface area is 103 Å². The molecule has 0 unspecified atom stereocenters. The van der Waals surface area contributed by atoms with Crippen molar-refractivity contribution in [2.75, 3.05) is 12.4 Å². The molecule has 0 aliphatic rings. The monoisotopic (exact) mass is 261 g/mol. The average Bonchev–Trinajstić information content (AvgIpc) is 2.26. The molecule has 0 aromatic heterocycles. The minimum absolute atomic E-state index is 0.00843. The summed E-state index contributed by atoms with van der Waals surface area (Å²) >= 11 is 7.56. The third kappa shape index (κ3) is 4.00. The summed E-state index contributed by atoms with van der Waals surface area (Å²) in [5.41, 5.74) is 0.893. The van der Waals surface area contributed by atoms with E-state index in [1.807, 2.05) is 0 Å². The Hall–Kier alpha value is -0.780. The van der Waals surface area contributed by atoms with E-state index in [9.17, 15) is 10.1 Å². The molecule has 1 aromatic carbocycles. The molecule has 0 bridgehead atoms. The van der Waals surface area contributed by atoms with Crippen LogP contribution < -0.4 is 0 Å². The molecular weight excluding hydrogens is 250 g/mol. The highest BCUT2D eigenvalue weighted by atomic mass is 35.5. The first kappa shape index (κ1) is 13.3. The van der Waals surface area contributed by atoms with Crippen molar-refractivity contribution >= 4 is 29.1 Å². The van der Waals surface area contributed by atoms with E-state index in [0.29, 0.717) is 10.8 Å². The molecule has 6 heteroatoms. The number of rotatable bonds is 6. The maximum atomic E-state index is 10.5. The molecule has 0 spiro atoms. The number of halogens is 1. The van der Waals surface area contributed by atoms with E-state index >= 15 is 0 Å². The van der Waals surface area contributed by atoms with Gasteiger partial charge in [0.25, 0.3) is 5.69 Å². The molecule has 0 saturated heterocycles. The van der Waals surface area contributed by atoms with Gasteiger partial charge in [0.1, 0.15) is 0 Å². The number of thioether (sulfide) groups is 1. The molecule has 0 aliphatic heterocycles. The lowest BCUT2D eigenvalue weighted by molar-refractivity contribution is -0.384. The molecule has 16 heavy (non-hydrogen) atoms. The van der Waals surface area contributed by atoms with Crippen LogP contribution in [0.5, 0.6) is 0 Å². The predicted molar refractivity (Wildman–Crippen MR) is 66.0 cm³/mol. The molecular formula is C10H12ClNO3S. The second-order valence-corrected chi connectivity index (χ2v) is 4.67. The van der Waals surface area contributed by atoms with Crippen LogP contribution in [0.2, 0.25) is 5.02 Å². The van der Waals surface area contributed by atoms with Gasteiger partial charge in [-0.15, -0.1) is 0 Å². The Morgan fingerprint density at radius 2 is 2.25 bits per heavy atom. The van der Waals surface area contributed by atoms with Crippen molar-refractivity contribution in [1.29, 1.82) is 0 Å². The van der Waals surface area contributed by atoms with E-state index in [2.05, 4.69) is 0 Å². The molecule has 88 valence electrons. The first-order valence-electron chi connectivity index (χ1n) is 4.76. The van der Waals surface area contributed by atoms with Crippen molar-refractivity contribution in [3.8, 4) is 0 Å². The second-order valence-electron chi connectivity index (χ2n) is 3.16. The minimum Gasteiger partial charge on any atom is -0.396 e. The zero-order valence-corrected chi connectivity index (χ0v) is 10.1. The first-order chi connectivity index (χ1) is 7.65. The van der Waals surface area contributed by atoms with Gasteiger partial charge in [-0.2, -0.15) is 11.8 Å². The summed E-state index contributed by atoms with van der Waals surface area (Å²) in [6.07, 6.45) is 0.745. The summed E-state index contributed by atoms with van der Waals surface area (Å²) in [6, 6.07) is 4.49. The van der Waals surface area contributed by atoms with Gasteiger partial charge in [-0.25, -0.2) is 0 Å². The van der Waals surface area contributed by atoms with Crippen LogP contribution in [-0.4, -0.2) is 22.4 Å². The molecule has 0 radical (unpaired) electrons. The number of nitro groups is 1. The standard InChI is InChI=1S/C10H12ClNO3S/c11-10-6-9(12(14)15)3-2-8(10)7-16-5-1-4-13/h2-3,6,13H,1,4-5,7H2. The molecule has 4 nitrogen and oxygen atoms in total. The number of aliphatic hydroxyl groups excluding tert-OH is 1.